The van der Waals surface area contributed by atoms with Crippen molar-refractivity contribution in [1.29, 1.82) is 0 Å². The third-order valence-corrected chi connectivity index (χ3v) is 4.85. The van der Waals surface area contributed by atoms with Crippen molar-refractivity contribution in [2.75, 3.05) is 18.0 Å². The van der Waals surface area contributed by atoms with E-state index in [0.29, 0.717) is 31.6 Å². The highest BCUT2D eigenvalue weighted by molar-refractivity contribution is 14.1. The summed E-state index contributed by atoms with van der Waals surface area (Å²) in [4.78, 5) is 24.3. The van der Waals surface area contributed by atoms with Crippen molar-refractivity contribution in [2.45, 2.75) is 26.2 Å². The second kappa shape index (κ2) is 6.17. The average Bonchev–Trinajstić information content (AvgIpc) is 2.46. The van der Waals surface area contributed by atoms with Crippen molar-refractivity contribution in [1.82, 2.24) is 0 Å². The number of halogens is 1. The zero-order chi connectivity index (χ0) is 15.6. The third kappa shape index (κ3) is 3.12. The Kier molecular flexibility index (Phi) is 4.70. The largest absolute Gasteiger partial charge is 0.481 e. The number of rotatable bonds is 4. The van der Waals surface area contributed by atoms with Crippen LogP contribution < -0.4 is 4.90 Å². The number of nitro groups is 1. The molecule has 21 heavy (non-hydrogen) atoms. The molecule has 0 bridgehead atoms. The first-order chi connectivity index (χ1) is 9.89. The van der Waals surface area contributed by atoms with Gasteiger partial charge < -0.3 is 10.0 Å². The van der Waals surface area contributed by atoms with E-state index in [9.17, 15) is 20.0 Å². The van der Waals surface area contributed by atoms with Gasteiger partial charge in [-0.3, -0.25) is 14.9 Å². The van der Waals surface area contributed by atoms with Crippen LogP contribution in [0.25, 0.3) is 0 Å². The molecule has 1 unspecified atom stereocenters. The molecule has 1 saturated heterocycles. The lowest BCUT2D eigenvalue weighted by molar-refractivity contribution is -0.384. The molecule has 0 amide bonds. The van der Waals surface area contributed by atoms with E-state index in [1.807, 2.05) is 40.5 Å². The van der Waals surface area contributed by atoms with Gasteiger partial charge in [0.05, 0.1) is 10.3 Å². The molecular weight excluding hydrogens is 387 g/mol. The highest BCUT2D eigenvalue weighted by Gasteiger charge is 2.41. The van der Waals surface area contributed by atoms with Crippen LogP contribution in [0.15, 0.2) is 18.2 Å². The van der Waals surface area contributed by atoms with Crippen molar-refractivity contribution < 1.29 is 14.8 Å². The second-order valence-electron chi connectivity index (χ2n) is 5.35. The number of nitrogens with zero attached hydrogens (tertiary/aromatic N) is 2. The Morgan fingerprint density at radius 2 is 2.29 bits per heavy atom. The van der Waals surface area contributed by atoms with Crippen LogP contribution in [0.1, 0.15) is 26.2 Å². The van der Waals surface area contributed by atoms with Crippen LogP contribution in [0.2, 0.25) is 0 Å². The highest BCUT2D eigenvalue weighted by Crippen LogP contribution is 2.39. The van der Waals surface area contributed by atoms with Crippen LogP contribution >= 0.6 is 22.6 Å². The van der Waals surface area contributed by atoms with Crippen molar-refractivity contribution in [3.05, 3.63) is 31.9 Å². The lowest BCUT2D eigenvalue weighted by Gasteiger charge is -2.40. The third-order valence-electron chi connectivity index (χ3n) is 4.18. The van der Waals surface area contributed by atoms with Crippen molar-refractivity contribution in [3.63, 3.8) is 0 Å². The smallest absolute Gasteiger partial charge is 0.311 e. The van der Waals surface area contributed by atoms with Gasteiger partial charge in [-0.05, 0) is 54.0 Å². The number of benzene rings is 1. The Balaban J connectivity index is 2.38. The summed E-state index contributed by atoms with van der Waals surface area (Å²) < 4.78 is 0.792. The molecule has 1 aromatic rings. The van der Waals surface area contributed by atoms with E-state index in [1.165, 1.54) is 6.07 Å². The fourth-order valence-electron chi connectivity index (χ4n) is 2.86. The molecule has 6 nitrogen and oxygen atoms in total. The first-order valence-corrected chi connectivity index (χ1v) is 7.90. The number of carbonyl (C=O) groups is 1. The van der Waals surface area contributed by atoms with Gasteiger partial charge in [-0.15, -0.1) is 0 Å². The molecule has 1 aromatic carbocycles. The van der Waals surface area contributed by atoms with Crippen LogP contribution in [0.4, 0.5) is 11.4 Å². The van der Waals surface area contributed by atoms with Gasteiger partial charge >= 0.3 is 5.97 Å². The molecule has 0 aliphatic carbocycles. The Morgan fingerprint density at radius 1 is 1.57 bits per heavy atom. The number of hydrogen-bond donors (Lipinski definition) is 1. The zero-order valence-corrected chi connectivity index (χ0v) is 13.9. The standard InChI is InChI=1S/C14H17IN2O4/c1-2-14(13(18)19)6-3-7-16(9-14)11-5-4-10(15)8-12(11)17(20)21/h4-5,8H,2-3,6-7,9H2,1H3,(H,18,19). The molecule has 0 radical (unpaired) electrons. The van der Waals surface area contributed by atoms with Crippen LogP contribution in [-0.2, 0) is 4.79 Å². The van der Waals surface area contributed by atoms with Gasteiger partial charge in [-0.25, -0.2) is 0 Å². The molecule has 114 valence electrons. The summed E-state index contributed by atoms with van der Waals surface area (Å²) in [6.07, 6.45) is 1.87. The second-order valence-corrected chi connectivity index (χ2v) is 6.60. The van der Waals surface area contributed by atoms with E-state index in [2.05, 4.69) is 0 Å². The Bertz CT molecular complexity index is 578. The molecule has 2 rings (SSSR count). The fourth-order valence-corrected chi connectivity index (χ4v) is 3.34. The Morgan fingerprint density at radius 3 is 2.86 bits per heavy atom. The average molecular weight is 404 g/mol. The molecule has 1 aliphatic heterocycles. The summed E-state index contributed by atoms with van der Waals surface area (Å²) in [6.45, 7) is 2.83. The molecule has 1 heterocycles. The molecule has 1 N–H and O–H groups in total. The first kappa shape index (κ1) is 16.0. The topological polar surface area (TPSA) is 83.7 Å². The van der Waals surface area contributed by atoms with E-state index in [-0.39, 0.29) is 5.69 Å². The highest BCUT2D eigenvalue weighted by atomic mass is 127. The van der Waals surface area contributed by atoms with E-state index < -0.39 is 16.3 Å². The summed E-state index contributed by atoms with van der Waals surface area (Å²) in [5.41, 5.74) is -0.256. The molecule has 7 heteroatoms. The van der Waals surface area contributed by atoms with E-state index in [1.54, 1.807) is 6.07 Å². The van der Waals surface area contributed by atoms with Crippen LogP contribution in [0, 0.1) is 19.1 Å². The summed E-state index contributed by atoms with van der Waals surface area (Å²) in [7, 11) is 0. The summed E-state index contributed by atoms with van der Waals surface area (Å²) in [5.74, 6) is -0.817. The van der Waals surface area contributed by atoms with Crippen molar-refractivity contribution in [3.8, 4) is 0 Å². The maximum atomic E-state index is 11.6. The maximum Gasteiger partial charge on any atom is 0.311 e. The number of nitro benzene ring substituents is 1. The number of aliphatic carboxylic acids is 1. The minimum absolute atomic E-state index is 0.0409. The quantitative estimate of drug-likeness (QED) is 0.473. The van der Waals surface area contributed by atoms with Gasteiger partial charge in [0.25, 0.3) is 5.69 Å². The van der Waals surface area contributed by atoms with Gasteiger partial charge in [0.2, 0.25) is 0 Å². The molecule has 0 aromatic heterocycles. The van der Waals surface area contributed by atoms with Gasteiger partial charge in [0.1, 0.15) is 5.69 Å². The van der Waals surface area contributed by atoms with Crippen molar-refractivity contribution >= 4 is 39.9 Å². The predicted octanol–water partition coefficient (Wildman–Crippen LogP) is 3.28. The first-order valence-electron chi connectivity index (χ1n) is 6.82. The molecular formula is C14H17IN2O4. The number of carboxylic acid groups (broad SMARTS) is 1. The number of anilines is 1. The minimum Gasteiger partial charge on any atom is -0.481 e. The van der Waals surface area contributed by atoms with E-state index in [4.69, 9.17) is 0 Å². The SMILES string of the molecule is CCC1(C(=O)O)CCCN(c2ccc(I)cc2[N+](=O)[O-])C1. The van der Waals surface area contributed by atoms with Gasteiger partial charge in [0, 0.05) is 22.7 Å². The lowest BCUT2D eigenvalue weighted by Crippen LogP contribution is -2.47. The van der Waals surface area contributed by atoms with E-state index >= 15 is 0 Å². The van der Waals surface area contributed by atoms with Crippen LogP contribution in [0.3, 0.4) is 0 Å². The zero-order valence-electron chi connectivity index (χ0n) is 11.7. The normalized spacial score (nSPS) is 22.1. The van der Waals surface area contributed by atoms with E-state index in [0.717, 1.165) is 9.99 Å². The van der Waals surface area contributed by atoms with Crippen LogP contribution in [0.5, 0.6) is 0 Å². The summed E-state index contributed by atoms with van der Waals surface area (Å²) in [5, 5.41) is 20.8. The summed E-state index contributed by atoms with van der Waals surface area (Å²) >= 11 is 2.03. The summed E-state index contributed by atoms with van der Waals surface area (Å²) in [6, 6.07) is 5.05. The molecule has 1 aliphatic rings. The predicted molar refractivity (Wildman–Crippen MR) is 87.6 cm³/mol. The molecule has 1 fully saturated rings. The Hall–Kier alpha value is -1.38. The minimum atomic E-state index is -0.817. The lowest BCUT2D eigenvalue weighted by atomic mass is 9.77. The monoisotopic (exact) mass is 404 g/mol. The van der Waals surface area contributed by atoms with Gasteiger partial charge in [-0.1, -0.05) is 6.92 Å². The van der Waals surface area contributed by atoms with Gasteiger partial charge in [-0.2, -0.15) is 0 Å². The molecule has 1 atom stereocenters. The number of hydrogen-bond acceptors (Lipinski definition) is 4. The van der Waals surface area contributed by atoms with Gasteiger partial charge in [0.15, 0.2) is 0 Å². The molecule has 0 spiro atoms. The fraction of sp³-hybridized carbons (Fsp3) is 0.500. The number of carboxylic acids is 1. The van der Waals surface area contributed by atoms with Crippen LogP contribution in [-0.4, -0.2) is 29.1 Å². The van der Waals surface area contributed by atoms with Crippen molar-refractivity contribution in [2.24, 2.45) is 5.41 Å². The maximum absolute atomic E-state index is 11.6. The molecule has 0 saturated carbocycles. The Labute approximate surface area is 136 Å². The number of piperidine rings is 1.